The molecule has 0 heterocycles. The Balaban J connectivity index is 2.20. The van der Waals surface area contributed by atoms with Crippen LogP contribution in [0.25, 0.3) is 0 Å². The third-order valence-electron chi connectivity index (χ3n) is 2.54. The number of hydrogen-bond acceptors (Lipinski definition) is 4. The molecule has 0 saturated carbocycles. The van der Waals surface area contributed by atoms with Crippen LogP contribution in [0.3, 0.4) is 0 Å². The Kier molecular flexibility index (Phi) is 8.05. The lowest BCUT2D eigenvalue weighted by molar-refractivity contribution is 0.0103. The van der Waals surface area contributed by atoms with Crippen LogP contribution in [0.2, 0.25) is 0 Å². The van der Waals surface area contributed by atoms with Gasteiger partial charge in [0.2, 0.25) is 0 Å². The maximum atomic E-state index is 9.77. The van der Waals surface area contributed by atoms with Gasteiger partial charge in [-0.05, 0) is 47.5 Å². The maximum absolute atomic E-state index is 9.77. The summed E-state index contributed by atoms with van der Waals surface area (Å²) in [5.41, 5.74) is 2.16. The SMILES string of the molecule is CCOCCOCC(O)CNc1ccc(C)cc1Br. The van der Waals surface area contributed by atoms with Crippen molar-refractivity contribution < 1.29 is 14.6 Å². The Bertz CT molecular complexity index is 374. The molecule has 5 heteroatoms. The van der Waals surface area contributed by atoms with E-state index in [0.29, 0.717) is 33.0 Å². The first-order valence-electron chi connectivity index (χ1n) is 6.47. The van der Waals surface area contributed by atoms with Crippen LogP contribution in [0.4, 0.5) is 5.69 Å². The third kappa shape index (κ3) is 6.92. The van der Waals surface area contributed by atoms with Gasteiger partial charge in [0.1, 0.15) is 0 Å². The molecule has 0 fully saturated rings. The predicted octanol–water partition coefficient (Wildman–Crippen LogP) is 2.58. The summed E-state index contributed by atoms with van der Waals surface area (Å²) in [6.45, 7) is 6.52. The molecule has 0 amide bonds. The molecule has 19 heavy (non-hydrogen) atoms. The van der Waals surface area contributed by atoms with Crippen molar-refractivity contribution in [3.05, 3.63) is 28.2 Å². The summed E-state index contributed by atoms with van der Waals surface area (Å²) in [5.74, 6) is 0. The standard InChI is InChI=1S/C14H22BrNO3/c1-3-18-6-7-19-10-12(17)9-16-14-5-4-11(2)8-13(14)15/h4-5,8,12,16-17H,3,6-7,9-10H2,1-2H3. The summed E-state index contributed by atoms with van der Waals surface area (Å²) in [6, 6.07) is 6.05. The van der Waals surface area contributed by atoms with E-state index in [1.165, 1.54) is 5.56 Å². The normalized spacial score (nSPS) is 12.4. The third-order valence-corrected chi connectivity index (χ3v) is 3.20. The number of halogens is 1. The molecule has 1 atom stereocenters. The van der Waals surface area contributed by atoms with E-state index in [-0.39, 0.29) is 0 Å². The maximum Gasteiger partial charge on any atom is 0.0945 e. The van der Waals surface area contributed by atoms with Crippen molar-refractivity contribution in [1.29, 1.82) is 0 Å². The number of aliphatic hydroxyl groups is 1. The number of aryl methyl sites for hydroxylation is 1. The fraction of sp³-hybridized carbons (Fsp3) is 0.571. The molecular formula is C14H22BrNO3. The highest BCUT2D eigenvalue weighted by molar-refractivity contribution is 9.10. The first-order valence-corrected chi connectivity index (χ1v) is 7.26. The van der Waals surface area contributed by atoms with E-state index < -0.39 is 6.10 Å². The van der Waals surface area contributed by atoms with Crippen LogP contribution in [0.5, 0.6) is 0 Å². The lowest BCUT2D eigenvalue weighted by Crippen LogP contribution is -2.25. The Hall–Kier alpha value is -0.620. The molecular weight excluding hydrogens is 310 g/mol. The fourth-order valence-corrected chi connectivity index (χ4v) is 2.17. The molecule has 1 aromatic rings. The number of hydrogen-bond donors (Lipinski definition) is 2. The minimum absolute atomic E-state index is 0.309. The van der Waals surface area contributed by atoms with Gasteiger partial charge in [0, 0.05) is 23.3 Å². The van der Waals surface area contributed by atoms with Gasteiger partial charge in [-0.3, -0.25) is 0 Å². The highest BCUT2D eigenvalue weighted by Crippen LogP contribution is 2.23. The van der Waals surface area contributed by atoms with Crippen LogP contribution in [-0.2, 0) is 9.47 Å². The largest absolute Gasteiger partial charge is 0.389 e. The molecule has 1 aromatic carbocycles. The molecule has 0 radical (unpaired) electrons. The predicted molar refractivity (Wildman–Crippen MR) is 80.7 cm³/mol. The monoisotopic (exact) mass is 331 g/mol. The Labute approximate surface area is 123 Å². The highest BCUT2D eigenvalue weighted by atomic mass is 79.9. The van der Waals surface area contributed by atoms with Crippen molar-refractivity contribution in [2.24, 2.45) is 0 Å². The Morgan fingerprint density at radius 2 is 2.05 bits per heavy atom. The van der Waals surface area contributed by atoms with Gasteiger partial charge in [0.25, 0.3) is 0 Å². The lowest BCUT2D eigenvalue weighted by atomic mass is 10.2. The summed E-state index contributed by atoms with van der Waals surface area (Å²) >= 11 is 3.49. The molecule has 0 aliphatic carbocycles. The summed E-state index contributed by atoms with van der Waals surface area (Å²) in [4.78, 5) is 0. The summed E-state index contributed by atoms with van der Waals surface area (Å²) in [7, 11) is 0. The minimum atomic E-state index is -0.533. The van der Waals surface area contributed by atoms with E-state index in [1.807, 2.05) is 32.0 Å². The van der Waals surface area contributed by atoms with Gasteiger partial charge in [0.15, 0.2) is 0 Å². The van der Waals surface area contributed by atoms with Crippen molar-refractivity contribution in [3.63, 3.8) is 0 Å². The number of aliphatic hydroxyl groups excluding tert-OH is 1. The zero-order valence-electron chi connectivity index (χ0n) is 11.5. The molecule has 0 aliphatic rings. The zero-order valence-corrected chi connectivity index (χ0v) is 13.1. The van der Waals surface area contributed by atoms with Gasteiger partial charge in [-0.1, -0.05) is 6.07 Å². The molecule has 0 aliphatic heterocycles. The van der Waals surface area contributed by atoms with E-state index >= 15 is 0 Å². The first kappa shape index (κ1) is 16.4. The number of benzene rings is 1. The van der Waals surface area contributed by atoms with E-state index in [1.54, 1.807) is 0 Å². The second-order valence-corrected chi connectivity index (χ2v) is 5.14. The Morgan fingerprint density at radius 3 is 2.74 bits per heavy atom. The van der Waals surface area contributed by atoms with E-state index in [4.69, 9.17) is 9.47 Å². The number of ether oxygens (including phenoxy) is 2. The zero-order chi connectivity index (χ0) is 14.1. The minimum Gasteiger partial charge on any atom is -0.389 e. The quantitative estimate of drug-likeness (QED) is 0.683. The topological polar surface area (TPSA) is 50.7 Å². The van der Waals surface area contributed by atoms with Gasteiger partial charge < -0.3 is 19.9 Å². The molecule has 0 spiro atoms. The van der Waals surface area contributed by atoms with Crippen LogP contribution in [0.15, 0.2) is 22.7 Å². The van der Waals surface area contributed by atoms with Crippen molar-refractivity contribution in [2.45, 2.75) is 20.0 Å². The molecule has 1 rings (SSSR count). The Morgan fingerprint density at radius 1 is 1.32 bits per heavy atom. The lowest BCUT2D eigenvalue weighted by Gasteiger charge is -2.14. The van der Waals surface area contributed by atoms with Crippen molar-refractivity contribution in [1.82, 2.24) is 0 Å². The average Bonchev–Trinajstić information content (AvgIpc) is 2.37. The summed E-state index contributed by atoms with van der Waals surface area (Å²) in [5, 5.41) is 13.0. The van der Waals surface area contributed by atoms with E-state index in [0.717, 1.165) is 10.2 Å². The molecule has 2 N–H and O–H groups in total. The van der Waals surface area contributed by atoms with Gasteiger partial charge >= 0.3 is 0 Å². The van der Waals surface area contributed by atoms with E-state index in [9.17, 15) is 5.11 Å². The van der Waals surface area contributed by atoms with Gasteiger partial charge in [-0.15, -0.1) is 0 Å². The van der Waals surface area contributed by atoms with E-state index in [2.05, 4.69) is 21.2 Å². The smallest absolute Gasteiger partial charge is 0.0945 e. The molecule has 1 unspecified atom stereocenters. The molecule has 0 saturated heterocycles. The van der Waals surface area contributed by atoms with Gasteiger partial charge in [-0.2, -0.15) is 0 Å². The van der Waals surface area contributed by atoms with Gasteiger partial charge in [0.05, 0.1) is 25.9 Å². The van der Waals surface area contributed by atoms with Crippen molar-refractivity contribution in [2.75, 3.05) is 38.3 Å². The second-order valence-electron chi connectivity index (χ2n) is 4.29. The number of nitrogens with one attached hydrogen (secondary N) is 1. The van der Waals surface area contributed by atoms with Crippen LogP contribution in [0.1, 0.15) is 12.5 Å². The van der Waals surface area contributed by atoms with Crippen LogP contribution in [0, 0.1) is 6.92 Å². The molecule has 0 aromatic heterocycles. The summed E-state index contributed by atoms with van der Waals surface area (Å²) in [6.07, 6.45) is -0.533. The van der Waals surface area contributed by atoms with Crippen molar-refractivity contribution >= 4 is 21.6 Å². The van der Waals surface area contributed by atoms with Crippen molar-refractivity contribution in [3.8, 4) is 0 Å². The second kappa shape index (κ2) is 9.31. The van der Waals surface area contributed by atoms with Crippen LogP contribution < -0.4 is 5.32 Å². The fourth-order valence-electron chi connectivity index (χ4n) is 1.53. The summed E-state index contributed by atoms with van der Waals surface area (Å²) < 4.78 is 11.4. The highest BCUT2D eigenvalue weighted by Gasteiger charge is 2.06. The molecule has 4 nitrogen and oxygen atoms in total. The number of rotatable bonds is 9. The average molecular weight is 332 g/mol. The van der Waals surface area contributed by atoms with Gasteiger partial charge in [-0.25, -0.2) is 0 Å². The number of anilines is 1. The van der Waals surface area contributed by atoms with Crippen LogP contribution >= 0.6 is 15.9 Å². The molecule has 108 valence electrons. The molecule has 0 bridgehead atoms. The first-order chi connectivity index (χ1) is 9.13. The van der Waals surface area contributed by atoms with Crippen LogP contribution in [-0.4, -0.2) is 44.2 Å².